The van der Waals surface area contributed by atoms with Crippen molar-refractivity contribution in [2.75, 3.05) is 13.2 Å². The molecule has 0 saturated heterocycles. The van der Waals surface area contributed by atoms with Crippen LogP contribution < -0.4 is 9.47 Å². The van der Waals surface area contributed by atoms with Crippen molar-refractivity contribution in [1.29, 1.82) is 0 Å². The molecule has 7 heteroatoms. The Labute approximate surface area is 144 Å². The average molecular weight is 336 g/mol. The van der Waals surface area contributed by atoms with Crippen molar-refractivity contribution in [3.05, 3.63) is 53.7 Å². The third kappa shape index (κ3) is 3.33. The highest BCUT2D eigenvalue weighted by Crippen LogP contribution is 2.28. The monoisotopic (exact) mass is 336 g/mol. The molecule has 4 rings (SSSR count). The lowest BCUT2D eigenvalue weighted by Gasteiger charge is -2.17. The van der Waals surface area contributed by atoms with Gasteiger partial charge in [-0.05, 0) is 11.8 Å². The van der Waals surface area contributed by atoms with Gasteiger partial charge in [0, 0.05) is 30.9 Å². The zero-order valence-corrected chi connectivity index (χ0v) is 13.7. The number of hydrogen-bond donors (Lipinski definition) is 0. The molecule has 0 radical (unpaired) electrons. The van der Waals surface area contributed by atoms with Gasteiger partial charge in [-0.15, -0.1) is 0 Å². The summed E-state index contributed by atoms with van der Waals surface area (Å²) in [7, 11) is 0. The molecule has 1 aliphatic rings. The number of imidazole rings is 1. The van der Waals surface area contributed by atoms with E-state index < -0.39 is 0 Å². The van der Waals surface area contributed by atoms with E-state index >= 15 is 0 Å². The molecule has 0 spiro atoms. The van der Waals surface area contributed by atoms with E-state index in [0.717, 1.165) is 17.9 Å². The van der Waals surface area contributed by atoms with E-state index in [-0.39, 0.29) is 0 Å². The largest absolute Gasteiger partial charge is 0.486 e. The minimum Gasteiger partial charge on any atom is -0.486 e. The molecule has 126 valence electrons. The molecule has 3 aromatic heterocycles. The van der Waals surface area contributed by atoms with Crippen LogP contribution >= 0.6 is 0 Å². The third-order valence-corrected chi connectivity index (χ3v) is 3.75. The van der Waals surface area contributed by atoms with E-state index in [1.165, 1.54) is 0 Å². The maximum Gasteiger partial charge on any atom is 0.210 e. The molecule has 0 unspecified atom stereocenters. The highest BCUT2D eigenvalue weighted by Gasteiger charge is 2.12. The van der Waals surface area contributed by atoms with Crippen molar-refractivity contribution in [2.24, 2.45) is 0 Å². The zero-order valence-electron chi connectivity index (χ0n) is 13.7. The molecular formula is C18H16N4O3. The highest BCUT2D eigenvalue weighted by atomic mass is 16.6. The Morgan fingerprint density at radius 3 is 2.88 bits per heavy atom. The Morgan fingerprint density at radius 1 is 1.12 bits per heavy atom. The van der Waals surface area contributed by atoms with Gasteiger partial charge in [0.15, 0.2) is 11.5 Å². The fourth-order valence-electron chi connectivity index (χ4n) is 2.56. The van der Waals surface area contributed by atoms with E-state index in [1.807, 2.05) is 16.8 Å². The number of fused-ring (bicyclic) bond motifs is 1. The van der Waals surface area contributed by atoms with Gasteiger partial charge in [-0.2, -0.15) is 0 Å². The average Bonchev–Trinajstić information content (AvgIpc) is 3.29. The van der Waals surface area contributed by atoms with Crippen molar-refractivity contribution in [2.45, 2.75) is 19.9 Å². The van der Waals surface area contributed by atoms with Gasteiger partial charge in [-0.1, -0.05) is 12.1 Å². The lowest BCUT2D eigenvalue weighted by atomic mass is 10.3. The summed E-state index contributed by atoms with van der Waals surface area (Å²) in [6, 6.07) is 3.59. The maximum absolute atomic E-state index is 5.52. The molecule has 0 fully saturated rings. The number of aryl methyl sites for hydroxylation is 1. The first-order valence-corrected chi connectivity index (χ1v) is 8.05. The molecule has 0 atom stereocenters. The van der Waals surface area contributed by atoms with Gasteiger partial charge in [-0.25, -0.2) is 9.97 Å². The Morgan fingerprint density at radius 2 is 2.00 bits per heavy atom. The van der Waals surface area contributed by atoms with Crippen molar-refractivity contribution < 1.29 is 14.0 Å². The summed E-state index contributed by atoms with van der Waals surface area (Å²) >= 11 is 0. The first kappa shape index (κ1) is 15.3. The van der Waals surface area contributed by atoms with Gasteiger partial charge in [0.2, 0.25) is 5.76 Å². The Hall–Kier alpha value is -3.27. The van der Waals surface area contributed by atoms with E-state index in [0.29, 0.717) is 42.7 Å². The molecule has 7 nitrogen and oxygen atoms in total. The second-order valence-electron chi connectivity index (χ2n) is 5.47. The van der Waals surface area contributed by atoms with E-state index in [2.05, 4.69) is 33.9 Å². The number of ether oxygens (including phenoxy) is 2. The summed E-state index contributed by atoms with van der Waals surface area (Å²) in [5.74, 6) is 8.70. The van der Waals surface area contributed by atoms with E-state index in [9.17, 15) is 0 Å². The molecule has 0 N–H and O–H groups in total. The molecule has 25 heavy (non-hydrogen) atoms. The molecular weight excluding hydrogens is 320 g/mol. The topological polar surface area (TPSA) is 75.2 Å². The lowest BCUT2D eigenvalue weighted by Crippen LogP contribution is -2.15. The second-order valence-corrected chi connectivity index (χ2v) is 5.47. The fraction of sp³-hybridized carbons (Fsp3) is 0.278. The van der Waals surface area contributed by atoms with Crippen molar-refractivity contribution in [3.8, 4) is 23.3 Å². The highest BCUT2D eigenvalue weighted by molar-refractivity contribution is 5.45. The Balaban J connectivity index is 1.49. The van der Waals surface area contributed by atoms with Crippen LogP contribution in [0.15, 0.2) is 35.2 Å². The molecule has 0 amide bonds. The second kappa shape index (κ2) is 6.69. The van der Waals surface area contributed by atoms with Gasteiger partial charge >= 0.3 is 0 Å². The predicted octanol–water partition coefficient (Wildman–Crippen LogP) is 2.05. The summed E-state index contributed by atoms with van der Waals surface area (Å²) in [4.78, 5) is 8.54. The molecule has 0 saturated carbocycles. The summed E-state index contributed by atoms with van der Waals surface area (Å²) in [6.45, 7) is 3.75. The summed E-state index contributed by atoms with van der Waals surface area (Å²) in [6.07, 6.45) is 6.20. The van der Waals surface area contributed by atoms with Crippen LogP contribution in [0, 0.1) is 11.8 Å². The smallest absolute Gasteiger partial charge is 0.210 e. The Bertz CT molecular complexity index is 949. The van der Waals surface area contributed by atoms with Crippen LogP contribution in [-0.4, -0.2) is 32.9 Å². The first-order valence-electron chi connectivity index (χ1n) is 8.05. The summed E-state index contributed by atoms with van der Waals surface area (Å²) in [5, 5.41) is 4.06. The first-order chi connectivity index (χ1) is 12.3. The zero-order chi connectivity index (χ0) is 17.1. The molecule has 0 aliphatic carbocycles. The van der Waals surface area contributed by atoms with Crippen molar-refractivity contribution >= 4 is 0 Å². The van der Waals surface area contributed by atoms with Crippen LogP contribution in [0.4, 0.5) is 0 Å². The third-order valence-electron chi connectivity index (χ3n) is 3.75. The number of hydrogen-bond acceptors (Lipinski definition) is 6. The van der Waals surface area contributed by atoms with Crippen LogP contribution in [0.5, 0.6) is 11.5 Å². The molecule has 0 aromatic carbocycles. The lowest BCUT2D eigenvalue weighted by molar-refractivity contribution is 0.170. The van der Waals surface area contributed by atoms with E-state index in [1.54, 1.807) is 18.5 Å². The standard InChI is InChI=1S/C18H16N4O3/c1-2-18-19-5-6-22(18)12-14-9-15(25-21-14)4-3-13-10-16-17(11-20-13)24-8-7-23-16/h5-6,9-11H,2,7-8,12H2,1H3. The van der Waals surface area contributed by atoms with Gasteiger partial charge in [0.1, 0.15) is 30.4 Å². The minimum atomic E-state index is 0.491. The maximum atomic E-state index is 5.52. The van der Waals surface area contributed by atoms with Gasteiger partial charge in [0.05, 0.1) is 12.7 Å². The molecule has 0 bridgehead atoms. The molecule has 3 aromatic rings. The van der Waals surface area contributed by atoms with Crippen molar-refractivity contribution in [3.63, 3.8) is 0 Å². The summed E-state index contributed by atoms with van der Waals surface area (Å²) < 4.78 is 18.3. The van der Waals surface area contributed by atoms with Crippen LogP contribution in [-0.2, 0) is 13.0 Å². The normalized spacial score (nSPS) is 12.5. The minimum absolute atomic E-state index is 0.491. The van der Waals surface area contributed by atoms with Crippen LogP contribution in [0.3, 0.4) is 0 Å². The van der Waals surface area contributed by atoms with Gasteiger partial charge in [0.25, 0.3) is 0 Å². The quantitative estimate of drug-likeness (QED) is 0.682. The molecule has 1 aliphatic heterocycles. The van der Waals surface area contributed by atoms with Crippen molar-refractivity contribution in [1.82, 2.24) is 19.7 Å². The SMILES string of the molecule is CCc1nccn1Cc1cc(C#Cc2cc3c(cn2)OCCO3)on1. The van der Waals surface area contributed by atoms with E-state index in [4.69, 9.17) is 14.0 Å². The predicted molar refractivity (Wildman–Crippen MR) is 88.4 cm³/mol. The van der Waals surface area contributed by atoms with Gasteiger partial charge in [-0.3, -0.25) is 0 Å². The van der Waals surface area contributed by atoms with Gasteiger partial charge < -0.3 is 18.6 Å². The number of rotatable bonds is 3. The van der Waals surface area contributed by atoms with Crippen LogP contribution in [0.25, 0.3) is 0 Å². The van der Waals surface area contributed by atoms with Crippen LogP contribution in [0.1, 0.15) is 29.9 Å². The molecule has 4 heterocycles. The number of pyridine rings is 1. The summed E-state index contributed by atoms with van der Waals surface area (Å²) in [5.41, 5.74) is 1.39. The fourth-order valence-corrected chi connectivity index (χ4v) is 2.56. The Kier molecular flexibility index (Phi) is 4.09. The number of aromatic nitrogens is 4. The van der Waals surface area contributed by atoms with Crippen LogP contribution in [0.2, 0.25) is 0 Å². The number of nitrogens with zero attached hydrogens (tertiary/aromatic N) is 4.